The third-order valence-corrected chi connectivity index (χ3v) is 2.27. The van der Waals surface area contributed by atoms with E-state index in [9.17, 15) is 4.79 Å². The normalized spacial score (nSPS) is 12.9. The van der Waals surface area contributed by atoms with E-state index in [-0.39, 0.29) is 11.8 Å². The highest BCUT2D eigenvalue weighted by atomic mass is 32.1. The van der Waals surface area contributed by atoms with E-state index in [1.54, 1.807) is 0 Å². The number of carbonyl (C=O) groups excluding carboxylic acids is 1. The van der Waals surface area contributed by atoms with Gasteiger partial charge in [-0.2, -0.15) is 11.3 Å². The minimum atomic E-state index is -0.329. The summed E-state index contributed by atoms with van der Waals surface area (Å²) in [5.41, 5.74) is 6.30. The van der Waals surface area contributed by atoms with Crippen molar-refractivity contribution in [1.29, 1.82) is 0 Å². The average Bonchev–Trinajstić information content (AvgIpc) is 2.53. The third-order valence-electron chi connectivity index (χ3n) is 1.58. The summed E-state index contributed by atoms with van der Waals surface area (Å²) in [5.74, 6) is 0.0498. The van der Waals surface area contributed by atoms with Gasteiger partial charge < -0.3 is 5.73 Å². The number of thiophene rings is 1. The topological polar surface area (TPSA) is 43.1 Å². The van der Waals surface area contributed by atoms with Crippen molar-refractivity contribution in [2.75, 3.05) is 0 Å². The molecule has 0 aromatic carbocycles. The van der Waals surface area contributed by atoms with Crippen LogP contribution in [0.25, 0.3) is 0 Å². The Morgan fingerprint density at radius 2 is 2.55 bits per heavy atom. The van der Waals surface area contributed by atoms with Crippen molar-refractivity contribution in [1.82, 2.24) is 0 Å². The standard InChI is InChI=1S/C8H11NOS/c1-2-7(9)8(10)6-3-4-11-5-6/h3-5,7H,2,9H2,1H3. The summed E-state index contributed by atoms with van der Waals surface area (Å²) in [6, 6.07) is 1.48. The molecular formula is C8H11NOS. The Morgan fingerprint density at radius 1 is 1.82 bits per heavy atom. The lowest BCUT2D eigenvalue weighted by Gasteiger charge is -2.04. The van der Waals surface area contributed by atoms with Crippen LogP contribution in [0.4, 0.5) is 0 Å². The van der Waals surface area contributed by atoms with Crippen LogP contribution in [-0.2, 0) is 0 Å². The van der Waals surface area contributed by atoms with Gasteiger partial charge in [0, 0.05) is 10.9 Å². The van der Waals surface area contributed by atoms with Crippen molar-refractivity contribution >= 4 is 17.1 Å². The summed E-state index contributed by atoms with van der Waals surface area (Å²) in [4.78, 5) is 11.3. The molecule has 1 unspecified atom stereocenters. The highest BCUT2D eigenvalue weighted by molar-refractivity contribution is 7.08. The molecule has 0 fully saturated rings. The van der Waals surface area contributed by atoms with Crippen LogP contribution in [0.3, 0.4) is 0 Å². The van der Waals surface area contributed by atoms with Crippen LogP contribution in [0.5, 0.6) is 0 Å². The van der Waals surface area contributed by atoms with Gasteiger partial charge in [0.25, 0.3) is 0 Å². The lowest BCUT2D eigenvalue weighted by atomic mass is 10.1. The Hall–Kier alpha value is -0.670. The summed E-state index contributed by atoms with van der Waals surface area (Å²) in [6.07, 6.45) is 0.703. The highest BCUT2D eigenvalue weighted by Gasteiger charge is 2.12. The van der Waals surface area contributed by atoms with Crippen LogP contribution < -0.4 is 5.73 Å². The van der Waals surface area contributed by atoms with Crippen molar-refractivity contribution in [2.45, 2.75) is 19.4 Å². The molecule has 0 saturated heterocycles. The summed E-state index contributed by atoms with van der Waals surface area (Å²) < 4.78 is 0. The second-order valence-electron chi connectivity index (χ2n) is 2.39. The van der Waals surface area contributed by atoms with E-state index in [2.05, 4.69) is 0 Å². The zero-order valence-electron chi connectivity index (χ0n) is 6.41. The fourth-order valence-electron chi connectivity index (χ4n) is 0.804. The van der Waals surface area contributed by atoms with Crippen molar-refractivity contribution in [2.24, 2.45) is 5.73 Å². The smallest absolute Gasteiger partial charge is 0.180 e. The SMILES string of the molecule is CCC(N)C(=O)c1ccsc1. The Bertz CT molecular complexity index is 230. The van der Waals surface area contributed by atoms with E-state index in [0.29, 0.717) is 6.42 Å². The number of ketones is 1. The second-order valence-corrected chi connectivity index (χ2v) is 3.17. The van der Waals surface area contributed by atoms with Gasteiger partial charge in [0.15, 0.2) is 5.78 Å². The lowest BCUT2D eigenvalue weighted by Crippen LogP contribution is -2.29. The first-order valence-electron chi connectivity index (χ1n) is 3.57. The van der Waals surface area contributed by atoms with Gasteiger partial charge >= 0.3 is 0 Å². The van der Waals surface area contributed by atoms with Crippen molar-refractivity contribution in [3.05, 3.63) is 22.4 Å². The van der Waals surface area contributed by atoms with Crippen molar-refractivity contribution in [3.63, 3.8) is 0 Å². The first-order chi connectivity index (χ1) is 5.25. The molecule has 2 nitrogen and oxygen atoms in total. The predicted octanol–water partition coefficient (Wildman–Crippen LogP) is 1.67. The maximum Gasteiger partial charge on any atom is 0.180 e. The van der Waals surface area contributed by atoms with Gasteiger partial charge in [-0.3, -0.25) is 4.79 Å². The number of nitrogens with two attached hydrogens (primary N) is 1. The number of hydrogen-bond donors (Lipinski definition) is 1. The molecule has 60 valence electrons. The predicted molar refractivity (Wildman–Crippen MR) is 46.9 cm³/mol. The molecule has 1 rings (SSSR count). The first kappa shape index (κ1) is 8.43. The van der Waals surface area contributed by atoms with Gasteiger partial charge in [0.1, 0.15) is 0 Å². The van der Waals surface area contributed by atoms with E-state index in [1.807, 2.05) is 23.8 Å². The maximum absolute atomic E-state index is 11.3. The molecule has 0 aliphatic carbocycles. The molecule has 1 heterocycles. The number of hydrogen-bond acceptors (Lipinski definition) is 3. The Morgan fingerprint density at radius 3 is 3.00 bits per heavy atom. The molecule has 1 atom stereocenters. The Labute approximate surface area is 70.0 Å². The van der Waals surface area contributed by atoms with Gasteiger partial charge in [-0.15, -0.1) is 0 Å². The van der Waals surface area contributed by atoms with Gasteiger partial charge in [0.2, 0.25) is 0 Å². The summed E-state index contributed by atoms with van der Waals surface area (Å²) in [7, 11) is 0. The number of carbonyl (C=O) groups is 1. The lowest BCUT2D eigenvalue weighted by molar-refractivity contribution is 0.0960. The molecular weight excluding hydrogens is 158 g/mol. The minimum Gasteiger partial charge on any atom is -0.321 e. The summed E-state index contributed by atoms with van der Waals surface area (Å²) in [6.45, 7) is 1.91. The summed E-state index contributed by atoms with van der Waals surface area (Å²) >= 11 is 1.52. The quantitative estimate of drug-likeness (QED) is 0.699. The molecule has 0 aliphatic heterocycles. The molecule has 0 amide bonds. The van der Waals surface area contributed by atoms with E-state index in [4.69, 9.17) is 5.73 Å². The highest BCUT2D eigenvalue weighted by Crippen LogP contribution is 2.08. The molecule has 1 aromatic rings. The fraction of sp³-hybridized carbons (Fsp3) is 0.375. The molecule has 0 aliphatic rings. The zero-order chi connectivity index (χ0) is 8.27. The van der Waals surface area contributed by atoms with Crippen LogP contribution in [0, 0.1) is 0 Å². The molecule has 1 aromatic heterocycles. The van der Waals surface area contributed by atoms with Gasteiger partial charge in [-0.25, -0.2) is 0 Å². The minimum absolute atomic E-state index is 0.0498. The molecule has 3 heteroatoms. The zero-order valence-corrected chi connectivity index (χ0v) is 7.23. The fourth-order valence-corrected chi connectivity index (χ4v) is 1.45. The van der Waals surface area contributed by atoms with Crippen LogP contribution in [0.15, 0.2) is 16.8 Å². The van der Waals surface area contributed by atoms with E-state index < -0.39 is 0 Å². The van der Waals surface area contributed by atoms with Gasteiger partial charge in [0.05, 0.1) is 6.04 Å². The second kappa shape index (κ2) is 3.64. The van der Waals surface area contributed by atoms with E-state index in [1.165, 1.54) is 11.3 Å². The van der Waals surface area contributed by atoms with Gasteiger partial charge in [-0.1, -0.05) is 6.92 Å². The number of rotatable bonds is 3. The van der Waals surface area contributed by atoms with Crippen LogP contribution in [-0.4, -0.2) is 11.8 Å². The first-order valence-corrected chi connectivity index (χ1v) is 4.52. The Kier molecular flexibility index (Phi) is 2.79. The third kappa shape index (κ3) is 1.88. The number of Topliss-reactive ketones (excluding diaryl/α,β-unsaturated/α-hetero) is 1. The van der Waals surface area contributed by atoms with Crippen molar-refractivity contribution in [3.8, 4) is 0 Å². The van der Waals surface area contributed by atoms with E-state index >= 15 is 0 Å². The molecule has 0 saturated carbocycles. The average molecular weight is 169 g/mol. The van der Waals surface area contributed by atoms with Crippen LogP contribution in [0.2, 0.25) is 0 Å². The molecule has 2 N–H and O–H groups in total. The molecule has 11 heavy (non-hydrogen) atoms. The van der Waals surface area contributed by atoms with Crippen molar-refractivity contribution < 1.29 is 4.79 Å². The van der Waals surface area contributed by atoms with Crippen LogP contribution in [0.1, 0.15) is 23.7 Å². The monoisotopic (exact) mass is 169 g/mol. The van der Waals surface area contributed by atoms with Gasteiger partial charge in [-0.05, 0) is 17.9 Å². The summed E-state index contributed by atoms with van der Waals surface area (Å²) in [5, 5.41) is 3.72. The maximum atomic E-state index is 11.3. The molecule has 0 radical (unpaired) electrons. The van der Waals surface area contributed by atoms with Crippen LogP contribution >= 0.6 is 11.3 Å². The molecule has 0 spiro atoms. The largest absolute Gasteiger partial charge is 0.321 e. The van der Waals surface area contributed by atoms with E-state index in [0.717, 1.165) is 5.56 Å². The molecule has 0 bridgehead atoms. The Balaban J connectivity index is 2.70.